The minimum Gasteiger partial charge on any atom is -0.452 e. The maximum absolute atomic E-state index is 12.7. The van der Waals surface area contributed by atoms with Crippen LogP contribution < -0.4 is 10.2 Å². The summed E-state index contributed by atoms with van der Waals surface area (Å²) < 4.78 is 5.12. The van der Waals surface area contributed by atoms with Crippen molar-refractivity contribution in [3.63, 3.8) is 0 Å². The number of amides is 4. The molecule has 37 heavy (non-hydrogen) atoms. The minimum absolute atomic E-state index is 0.0844. The van der Waals surface area contributed by atoms with Crippen LogP contribution in [0.4, 0.5) is 11.4 Å². The Morgan fingerprint density at radius 1 is 0.811 bits per heavy atom. The summed E-state index contributed by atoms with van der Waals surface area (Å²) in [5, 5.41) is 2.61. The molecule has 0 radical (unpaired) electrons. The lowest BCUT2D eigenvalue weighted by Gasteiger charge is -2.18. The van der Waals surface area contributed by atoms with Gasteiger partial charge in [-0.1, -0.05) is 18.2 Å². The topological polar surface area (TPSA) is 113 Å². The van der Waals surface area contributed by atoms with Gasteiger partial charge in [-0.3, -0.25) is 19.2 Å². The van der Waals surface area contributed by atoms with E-state index in [1.807, 2.05) is 13.8 Å². The van der Waals surface area contributed by atoms with Crippen molar-refractivity contribution in [1.29, 1.82) is 0 Å². The van der Waals surface area contributed by atoms with E-state index in [9.17, 15) is 24.0 Å². The maximum Gasteiger partial charge on any atom is 0.338 e. The predicted octanol–water partition coefficient (Wildman–Crippen LogP) is 3.76. The number of carbonyl (C=O) groups excluding carboxylic acids is 5. The molecule has 3 aromatic carbocycles. The number of nitrogens with one attached hydrogen (secondary N) is 1. The molecule has 4 rings (SSSR count). The molecule has 9 heteroatoms. The Labute approximate surface area is 213 Å². The van der Waals surface area contributed by atoms with Crippen LogP contribution in [0.15, 0.2) is 72.8 Å². The Bertz CT molecular complexity index is 1340. The smallest absolute Gasteiger partial charge is 0.338 e. The van der Waals surface area contributed by atoms with E-state index in [1.54, 1.807) is 59.5 Å². The number of carbonyl (C=O) groups is 5. The molecule has 0 bridgehead atoms. The van der Waals surface area contributed by atoms with Gasteiger partial charge < -0.3 is 15.0 Å². The monoisotopic (exact) mass is 499 g/mol. The Morgan fingerprint density at radius 2 is 1.43 bits per heavy atom. The molecule has 1 aliphatic heterocycles. The number of nitrogens with zero attached hydrogens (tertiary/aromatic N) is 2. The van der Waals surface area contributed by atoms with E-state index in [0.29, 0.717) is 35.5 Å². The van der Waals surface area contributed by atoms with E-state index in [2.05, 4.69) is 5.32 Å². The van der Waals surface area contributed by atoms with Gasteiger partial charge in [0.2, 0.25) is 0 Å². The first kappa shape index (κ1) is 25.3. The summed E-state index contributed by atoms with van der Waals surface area (Å²) in [7, 11) is 0. The maximum atomic E-state index is 12.7. The number of anilines is 2. The molecular formula is C28H25N3O6. The summed E-state index contributed by atoms with van der Waals surface area (Å²) in [5.41, 5.74) is 1.85. The summed E-state index contributed by atoms with van der Waals surface area (Å²) in [6.45, 7) is 4.45. The molecule has 9 nitrogen and oxygen atoms in total. The van der Waals surface area contributed by atoms with E-state index >= 15 is 0 Å². The molecule has 0 spiro atoms. The lowest BCUT2D eigenvalue weighted by atomic mass is 10.1. The summed E-state index contributed by atoms with van der Waals surface area (Å²) >= 11 is 0. The normalized spacial score (nSPS) is 12.2. The highest BCUT2D eigenvalue weighted by atomic mass is 16.5. The summed E-state index contributed by atoms with van der Waals surface area (Å²) in [4.78, 5) is 65.4. The lowest BCUT2D eigenvalue weighted by Crippen LogP contribution is -2.30. The molecule has 1 aliphatic rings. The summed E-state index contributed by atoms with van der Waals surface area (Å²) in [5.74, 6) is -2.40. The fraction of sp³-hybridized carbons (Fsp3) is 0.179. The molecule has 1 heterocycles. The van der Waals surface area contributed by atoms with Crippen molar-refractivity contribution in [3.8, 4) is 0 Å². The highest BCUT2D eigenvalue weighted by molar-refractivity contribution is 6.34. The van der Waals surface area contributed by atoms with Gasteiger partial charge in [0, 0.05) is 24.3 Å². The van der Waals surface area contributed by atoms with Crippen molar-refractivity contribution in [3.05, 3.63) is 95.1 Å². The highest BCUT2D eigenvalue weighted by Crippen LogP contribution is 2.28. The van der Waals surface area contributed by atoms with Gasteiger partial charge in [0.15, 0.2) is 6.61 Å². The van der Waals surface area contributed by atoms with Gasteiger partial charge in [0.05, 0.1) is 22.4 Å². The molecule has 3 aromatic rings. The van der Waals surface area contributed by atoms with E-state index < -0.39 is 30.3 Å². The summed E-state index contributed by atoms with van der Waals surface area (Å²) in [6, 6.07) is 18.8. The number of hydrogen-bond acceptors (Lipinski definition) is 6. The molecule has 0 saturated carbocycles. The molecule has 0 atom stereocenters. The van der Waals surface area contributed by atoms with Crippen molar-refractivity contribution in [1.82, 2.24) is 4.90 Å². The second-order valence-electron chi connectivity index (χ2n) is 8.22. The molecule has 0 aromatic heterocycles. The molecule has 4 amide bonds. The van der Waals surface area contributed by atoms with E-state index in [0.717, 1.165) is 4.90 Å². The number of esters is 1. The Hall–Kier alpha value is -4.79. The van der Waals surface area contributed by atoms with Crippen molar-refractivity contribution in [2.45, 2.75) is 13.8 Å². The van der Waals surface area contributed by atoms with Gasteiger partial charge in [0.25, 0.3) is 23.6 Å². The first-order valence-corrected chi connectivity index (χ1v) is 11.8. The van der Waals surface area contributed by atoms with Crippen molar-refractivity contribution in [2.24, 2.45) is 0 Å². The second kappa shape index (κ2) is 10.9. The zero-order chi connectivity index (χ0) is 26.5. The number of fused-ring (bicyclic) bond motifs is 1. The van der Waals surface area contributed by atoms with Crippen LogP contribution in [0.25, 0.3) is 0 Å². The number of rotatable bonds is 8. The molecule has 0 unspecified atom stereocenters. The third-order valence-corrected chi connectivity index (χ3v) is 5.93. The third-order valence-electron chi connectivity index (χ3n) is 5.93. The zero-order valence-electron chi connectivity index (χ0n) is 20.4. The van der Waals surface area contributed by atoms with Crippen LogP contribution in [-0.4, -0.2) is 54.2 Å². The van der Waals surface area contributed by atoms with Gasteiger partial charge in [-0.25, -0.2) is 9.69 Å². The fourth-order valence-electron chi connectivity index (χ4n) is 4.00. The van der Waals surface area contributed by atoms with Crippen LogP contribution in [0.5, 0.6) is 0 Å². The first-order chi connectivity index (χ1) is 17.8. The second-order valence-corrected chi connectivity index (χ2v) is 8.22. The Kier molecular flexibility index (Phi) is 7.43. The molecular weight excluding hydrogens is 474 g/mol. The van der Waals surface area contributed by atoms with Crippen molar-refractivity contribution in [2.75, 3.05) is 29.9 Å². The lowest BCUT2D eigenvalue weighted by molar-refractivity contribution is -0.119. The summed E-state index contributed by atoms with van der Waals surface area (Å²) in [6.07, 6.45) is 0. The van der Waals surface area contributed by atoms with Crippen molar-refractivity contribution < 1.29 is 28.7 Å². The van der Waals surface area contributed by atoms with Gasteiger partial charge in [0.1, 0.15) is 0 Å². The predicted molar refractivity (Wildman–Crippen MR) is 137 cm³/mol. The highest BCUT2D eigenvalue weighted by Gasteiger charge is 2.36. The fourth-order valence-corrected chi connectivity index (χ4v) is 4.00. The van der Waals surface area contributed by atoms with Gasteiger partial charge >= 0.3 is 5.97 Å². The van der Waals surface area contributed by atoms with Gasteiger partial charge in [-0.15, -0.1) is 0 Å². The quantitative estimate of drug-likeness (QED) is 0.373. The molecule has 1 N–H and O–H groups in total. The SMILES string of the molecule is CCN(CC)C(=O)c1ccc(NC(=O)COC(=O)c2cccc(N3C(=O)c4ccccc4C3=O)c2)cc1. The zero-order valence-corrected chi connectivity index (χ0v) is 20.4. The standard InChI is InChI=1S/C28H25N3O6/c1-3-30(4-2)25(33)18-12-14-20(15-13-18)29-24(32)17-37-28(36)19-8-7-9-21(16-19)31-26(34)22-10-5-6-11-23(22)27(31)35/h5-16H,3-4,17H2,1-2H3,(H,29,32). The Balaban J connectivity index is 1.36. The van der Waals surface area contributed by atoms with Crippen molar-refractivity contribution >= 4 is 41.0 Å². The van der Waals surface area contributed by atoms with E-state index in [-0.39, 0.29) is 17.2 Å². The number of hydrogen-bond donors (Lipinski definition) is 1. The van der Waals surface area contributed by atoms with Crippen LogP contribution in [-0.2, 0) is 9.53 Å². The van der Waals surface area contributed by atoms with Crippen LogP contribution in [0, 0.1) is 0 Å². The van der Waals surface area contributed by atoms with E-state index in [4.69, 9.17) is 4.74 Å². The Morgan fingerprint density at radius 3 is 2.03 bits per heavy atom. The minimum atomic E-state index is -0.784. The average molecular weight is 500 g/mol. The third kappa shape index (κ3) is 5.25. The van der Waals surface area contributed by atoms with Crippen LogP contribution in [0.2, 0.25) is 0 Å². The number of benzene rings is 3. The van der Waals surface area contributed by atoms with Gasteiger partial charge in [-0.05, 0) is 68.4 Å². The van der Waals surface area contributed by atoms with Gasteiger partial charge in [-0.2, -0.15) is 0 Å². The number of imide groups is 1. The average Bonchev–Trinajstić information content (AvgIpc) is 3.18. The van der Waals surface area contributed by atoms with Crippen LogP contribution >= 0.6 is 0 Å². The largest absolute Gasteiger partial charge is 0.452 e. The molecule has 0 aliphatic carbocycles. The van der Waals surface area contributed by atoms with Crippen LogP contribution in [0.1, 0.15) is 55.3 Å². The molecule has 188 valence electrons. The first-order valence-electron chi connectivity index (χ1n) is 11.8. The number of ether oxygens (including phenoxy) is 1. The van der Waals surface area contributed by atoms with Crippen LogP contribution in [0.3, 0.4) is 0 Å². The molecule has 0 fully saturated rings. The van der Waals surface area contributed by atoms with E-state index in [1.165, 1.54) is 18.2 Å². The molecule has 0 saturated heterocycles.